The average molecular weight is 376 g/mol. The van der Waals surface area contributed by atoms with E-state index in [4.69, 9.17) is 4.74 Å². The van der Waals surface area contributed by atoms with E-state index >= 15 is 0 Å². The van der Waals surface area contributed by atoms with Crippen LogP contribution < -0.4 is 15.4 Å². The van der Waals surface area contributed by atoms with Crippen LogP contribution in [0, 0.1) is 0 Å². The molecule has 0 radical (unpaired) electrons. The van der Waals surface area contributed by atoms with E-state index in [9.17, 15) is 4.79 Å². The van der Waals surface area contributed by atoms with Crippen LogP contribution in [-0.2, 0) is 4.79 Å². The van der Waals surface area contributed by atoms with Gasteiger partial charge in [0.25, 0.3) is 0 Å². The highest BCUT2D eigenvalue weighted by Crippen LogP contribution is 2.08. The van der Waals surface area contributed by atoms with Gasteiger partial charge in [0.1, 0.15) is 5.75 Å². The number of hydrogen-bond acceptors (Lipinski definition) is 4. The van der Waals surface area contributed by atoms with E-state index < -0.39 is 0 Å². The van der Waals surface area contributed by atoms with Gasteiger partial charge in [0.2, 0.25) is 5.91 Å². The highest BCUT2D eigenvalue weighted by Gasteiger charge is 2.17. The number of amides is 1. The summed E-state index contributed by atoms with van der Waals surface area (Å²) in [6, 6.07) is 9.85. The molecule has 2 rings (SSSR count). The number of benzene rings is 1. The second-order valence-electron chi connectivity index (χ2n) is 6.55. The van der Waals surface area contributed by atoms with Crippen molar-refractivity contribution in [1.82, 2.24) is 20.4 Å². The van der Waals surface area contributed by atoms with Gasteiger partial charge >= 0.3 is 0 Å². The van der Waals surface area contributed by atoms with Crippen molar-refractivity contribution in [3.05, 3.63) is 30.3 Å². The molecule has 1 amide bonds. The zero-order chi connectivity index (χ0) is 19.3. The average Bonchev–Trinajstić information content (AvgIpc) is 2.69. The summed E-state index contributed by atoms with van der Waals surface area (Å²) in [5.74, 6) is 1.92. The largest absolute Gasteiger partial charge is 0.494 e. The lowest BCUT2D eigenvalue weighted by molar-refractivity contribution is -0.130. The first kappa shape index (κ1) is 21.0. The molecule has 27 heavy (non-hydrogen) atoms. The molecule has 0 saturated carbocycles. The molecule has 7 nitrogen and oxygen atoms in total. The number of nitrogens with one attached hydrogen (secondary N) is 2. The minimum Gasteiger partial charge on any atom is -0.494 e. The van der Waals surface area contributed by atoms with Gasteiger partial charge in [-0.05, 0) is 19.1 Å². The van der Waals surface area contributed by atoms with E-state index in [1.54, 1.807) is 6.92 Å². The molecular formula is C20H33N5O2. The lowest BCUT2D eigenvalue weighted by Crippen LogP contribution is -2.50. The molecule has 0 spiro atoms. The fourth-order valence-corrected chi connectivity index (χ4v) is 2.92. The van der Waals surface area contributed by atoms with Crippen LogP contribution in [0.5, 0.6) is 5.75 Å². The molecule has 0 unspecified atom stereocenters. The number of guanidine groups is 1. The second-order valence-corrected chi connectivity index (χ2v) is 6.55. The Morgan fingerprint density at radius 3 is 2.56 bits per heavy atom. The number of para-hydroxylation sites is 1. The van der Waals surface area contributed by atoms with Crippen molar-refractivity contribution in [1.29, 1.82) is 0 Å². The van der Waals surface area contributed by atoms with Crippen LogP contribution in [0.4, 0.5) is 0 Å². The molecule has 150 valence electrons. The Labute approximate surface area is 162 Å². The summed E-state index contributed by atoms with van der Waals surface area (Å²) in [5.41, 5.74) is 0. The Hall–Kier alpha value is -2.28. The molecule has 1 heterocycles. The van der Waals surface area contributed by atoms with Crippen molar-refractivity contribution >= 4 is 11.9 Å². The molecule has 1 saturated heterocycles. The Bertz CT molecular complexity index is 571. The molecule has 0 atom stereocenters. The molecule has 1 aromatic carbocycles. The van der Waals surface area contributed by atoms with Gasteiger partial charge in [-0.2, -0.15) is 0 Å². The lowest BCUT2D eigenvalue weighted by atomic mass is 10.3. The Balaban J connectivity index is 1.61. The van der Waals surface area contributed by atoms with Crippen molar-refractivity contribution in [2.75, 3.05) is 59.0 Å². The number of piperazine rings is 1. The van der Waals surface area contributed by atoms with Crippen molar-refractivity contribution in [2.24, 2.45) is 4.99 Å². The maximum Gasteiger partial charge on any atom is 0.219 e. The predicted octanol–water partition coefficient (Wildman–Crippen LogP) is 1.17. The number of nitrogens with zero attached hydrogens (tertiary/aromatic N) is 3. The SMILES string of the molecule is CCNC(=NCCCOc1ccccc1)NCCN1CCN(C(C)=O)CC1. The van der Waals surface area contributed by atoms with Crippen LogP contribution in [0.3, 0.4) is 0 Å². The summed E-state index contributed by atoms with van der Waals surface area (Å²) in [5, 5.41) is 6.66. The van der Waals surface area contributed by atoms with E-state index in [-0.39, 0.29) is 5.91 Å². The minimum atomic E-state index is 0.172. The molecule has 1 fully saturated rings. The van der Waals surface area contributed by atoms with E-state index in [0.717, 1.165) is 70.5 Å². The quantitative estimate of drug-likeness (QED) is 0.385. The number of carbonyl (C=O) groups is 1. The van der Waals surface area contributed by atoms with Crippen molar-refractivity contribution in [2.45, 2.75) is 20.3 Å². The van der Waals surface area contributed by atoms with Gasteiger partial charge in [0, 0.05) is 65.7 Å². The number of rotatable bonds is 9. The standard InChI is InChI=1S/C20H33N5O2/c1-3-21-20(22-10-7-17-27-19-8-5-4-6-9-19)23-11-12-24-13-15-25(16-14-24)18(2)26/h4-6,8-9H,3,7,10-17H2,1-2H3,(H2,21,22,23). The van der Waals surface area contributed by atoms with Gasteiger partial charge in [-0.15, -0.1) is 0 Å². The molecular weight excluding hydrogens is 342 g/mol. The van der Waals surface area contributed by atoms with E-state index in [2.05, 4.69) is 27.4 Å². The summed E-state index contributed by atoms with van der Waals surface area (Å²) in [4.78, 5) is 20.3. The molecule has 0 bridgehead atoms. The van der Waals surface area contributed by atoms with Gasteiger partial charge in [0.05, 0.1) is 6.61 Å². The summed E-state index contributed by atoms with van der Waals surface area (Å²) < 4.78 is 5.69. The van der Waals surface area contributed by atoms with Crippen LogP contribution >= 0.6 is 0 Å². The Morgan fingerprint density at radius 2 is 1.89 bits per heavy atom. The highest BCUT2D eigenvalue weighted by molar-refractivity contribution is 5.79. The maximum atomic E-state index is 11.4. The van der Waals surface area contributed by atoms with Crippen LogP contribution in [0.1, 0.15) is 20.3 Å². The van der Waals surface area contributed by atoms with Crippen molar-refractivity contribution < 1.29 is 9.53 Å². The molecule has 2 N–H and O–H groups in total. The molecule has 0 aliphatic carbocycles. The topological polar surface area (TPSA) is 69.2 Å². The Morgan fingerprint density at radius 1 is 1.15 bits per heavy atom. The van der Waals surface area contributed by atoms with Crippen LogP contribution in [0.2, 0.25) is 0 Å². The molecule has 1 aromatic rings. The zero-order valence-electron chi connectivity index (χ0n) is 16.6. The first-order chi connectivity index (χ1) is 13.2. The third-order valence-corrected chi connectivity index (χ3v) is 4.47. The third kappa shape index (κ3) is 8.30. The third-order valence-electron chi connectivity index (χ3n) is 4.47. The van der Waals surface area contributed by atoms with Gasteiger partial charge in [-0.1, -0.05) is 18.2 Å². The second kappa shape index (κ2) is 12.2. The normalized spacial score (nSPS) is 15.5. The smallest absolute Gasteiger partial charge is 0.219 e. The van der Waals surface area contributed by atoms with Crippen LogP contribution in [-0.4, -0.2) is 80.6 Å². The zero-order valence-corrected chi connectivity index (χ0v) is 16.6. The highest BCUT2D eigenvalue weighted by atomic mass is 16.5. The predicted molar refractivity (Wildman–Crippen MR) is 109 cm³/mol. The van der Waals surface area contributed by atoms with Crippen molar-refractivity contribution in [3.63, 3.8) is 0 Å². The fourth-order valence-electron chi connectivity index (χ4n) is 2.92. The van der Waals surface area contributed by atoms with E-state index in [1.165, 1.54) is 0 Å². The molecule has 1 aliphatic heterocycles. The first-order valence-corrected chi connectivity index (χ1v) is 9.87. The van der Waals surface area contributed by atoms with Crippen LogP contribution in [0.15, 0.2) is 35.3 Å². The minimum absolute atomic E-state index is 0.172. The van der Waals surface area contributed by atoms with E-state index in [0.29, 0.717) is 6.61 Å². The van der Waals surface area contributed by atoms with Gasteiger partial charge in [-0.25, -0.2) is 0 Å². The number of ether oxygens (including phenoxy) is 1. The molecule has 1 aliphatic rings. The number of hydrogen-bond donors (Lipinski definition) is 2. The summed E-state index contributed by atoms with van der Waals surface area (Å²) in [6.45, 7) is 11.2. The monoisotopic (exact) mass is 375 g/mol. The summed E-state index contributed by atoms with van der Waals surface area (Å²) >= 11 is 0. The number of carbonyl (C=O) groups excluding carboxylic acids is 1. The number of aliphatic imine (C=N–C) groups is 1. The van der Waals surface area contributed by atoms with Crippen LogP contribution in [0.25, 0.3) is 0 Å². The van der Waals surface area contributed by atoms with Gasteiger partial charge < -0.3 is 20.3 Å². The first-order valence-electron chi connectivity index (χ1n) is 9.87. The van der Waals surface area contributed by atoms with Gasteiger partial charge in [0.15, 0.2) is 5.96 Å². The summed E-state index contributed by atoms with van der Waals surface area (Å²) in [6.07, 6.45) is 0.873. The summed E-state index contributed by atoms with van der Waals surface area (Å²) in [7, 11) is 0. The van der Waals surface area contributed by atoms with Gasteiger partial charge in [-0.3, -0.25) is 14.7 Å². The lowest BCUT2D eigenvalue weighted by Gasteiger charge is -2.34. The Kier molecular flexibility index (Phi) is 9.48. The maximum absolute atomic E-state index is 11.4. The molecule has 7 heteroatoms. The molecule has 0 aromatic heterocycles. The van der Waals surface area contributed by atoms with E-state index in [1.807, 2.05) is 35.2 Å². The van der Waals surface area contributed by atoms with Crippen molar-refractivity contribution in [3.8, 4) is 5.75 Å². The fraction of sp³-hybridized carbons (Fsp3) is 0.600.